The van der Waals surface area contributed by atoms with Gasteiger partial charge < -0.3 is 5.32 Å². The van der Waals surface area contributed by atoms with Crippen LogP contribution in [0.15, 0.2) is 83.3 Å². The number of benzene rings is 3. The van der Waals surface area contributed by atoms with Gasteiger partial charge in [0.05, 0.1) is 12.2 Å². The summed E-state index contributed by atoms with van der Waals surface area (Å²) >= 11 is 0. The van der Waals surface area contributed by atoms with Crippen LogP contribution in [0.4, 0.5) is 5.69 Å². The van der Waals surface area contributed by atoms with E-state index in [1.165, 1.54) is 33.4 Å². The van der Waals surface area contributed by atoms with Crippen LogP contribution in [-0.4, -0.2) is 18.6 Å². The molecular formula is C31H37N3. The molecule has 0 radical (unpaired) electrons. The Kier molecular flexibility index (Phi) is 9.40. The molecular weight excluding hydrogens is 414 g/mol. The molecule has 1 aliphatic rings. The predicted octanol–water partition coefficient (Wildman–Crippen LogP) is 7.48. The molecule has 0 aromatic heterocycles. The SMILES string of the molecule is C=C1CN=C(c2ccccc2CCC)NCc2cc(N=CC)c(C)cc21.CCc1ccccc1. The molecule has 1 N–H and O–H groups in total. The van der Waals surface area contributed by atoms with Gasteiger partial charge in [-0.3, -0.25) is 9.98 Å². The van der Waals surface area contributed by atoms with E-state index < -0.39 is 0 Å². The molecule has 0 unspecified atom stereocenters. The van der Waals surface area contributed by atoms with Gasteiger partial charge in [0.15, 0.2) is 0 Å². The Bertz CT molecular complexity index is 1160. The van der Waals surface area contributed by atoms with Gasteiger partial charge in [-0.25, -0.2) is 0 Å². The molecule has 0 bridgehead atoms. The zero-order valence-electron chi connectivity index (χ0n) is 21.1. The highest BCUT2D eigenvalue weighted by atomic mass is 15.0. The Morgan fingerprint density at radius 1 is 1.00 bits per heavy atom. The average molecular weight is 452 g/mol. The Morgan fingerprint density at radius 2 is 1.74 bits per heavy atom. The highest BCUT2D eigenvalue weighted by molar-refractivity contribution is 6.01. The zero-order chi connectivity index (χ0) is 24.3. The predicted molar refractivity (Wildman–Crippen MR) is 149 cm³/mol. The molecule has 3 aromatic carbocycles. The summed E-state index contributed by atoms with van der Waals surface area (Å²) in [7, 11) is 0. The fourth-order valence-corrected chi connectivity index (χ4v) is 4.12. The Hall–Kier alpha value is -3.46. The molecule has 1 heterocycles. The van der Waals surface area contributed by atoms with Crippen molar-refractivity contribution < 1.29 is 0 Å². The van der Waals surface area contributed by atoms with Crippen molar-refractivity contribution in [1.82, 2.24) is 5.32 Å². The third-order valence-electron chi connectivity index (χ3n) is 5.99. The first-order valence-electron chi connectivity index (χ1n) is 12.3. The van der Waals surface area contributed by atoms with E-state index in [-0.39, 0.29) is 0 Å². The van der Waals surface area contributed by atoms with Gasteiger partial charge in [-0.15, -0.1) is 0 Å². The maximum absolute atomic E-state index is 4.84. The van der Waals surface area contributed by atoms with Gasteiger partial charge in [0.25, 0.3) is 0 Å². The number of fused-ring (bicyclic) bond motifs is 1. The van der Waals surface area contributed by atoms with Gasteiger partial charge >= 0.3 is 0 Å². The van der Waals surface area contributed by atoms with Crippen molar-refractivity contribution in [2.24, 2.45) is 9.98 Å². The molecule has 1 aliphatic heterocycles. The van der Waals surface area contributed by atoms with Gasteiger partial charge in [0.2, 0.25) is 0 Å². The largest absolute Gasteiger partial charge is 0.366 e. The van der Waals surface area contributed by atoms with Crippen LogP contribution in [-0.2, 0) is 19.4 Å². The number of aryl methyl sites for hydroxylation is 3. The number of hydrogen-bond donors (Lipinski definition) is 1. The molecule has 0 amide bonds. The summed E-state index contributed by atoms with van der Waals surface area (Å²) in [5.41, 5.74) is 9.61. The zero-order valence-corrected chi connectivity index (χ0v) is 21.1. The van der Waals surface area contributed by atoms with Crippen LogP contribution in [0.3, 0.4) is 0 Å². The second-order valence-electron chi connectivity index (χ2n) is 8.55. The molecule has 0 fully saturated rings. The molecule has 3 nitrogen and oxygen atoms in total. The van der Waals surface area contributed by atoms with Crippen molar-refractivity contribution in [1.29, 1.82) is 0 Å². The molecule has 0 saturated carbocycles. The molecule has 0 spiro atoms. The minimum absolute atomic E-state index is 0.603. The van der Waals surface area contributed by atoms with Gasteiger partial charge in [0.1, 0.15) is 5.84 Å². The summed E-state index contributed by atoms with van der Waals surface area (Å²) in [4.78, 5) is 9.34. The van der Waals surface area contributed by atoms with E-state index in [4.69, 9.17) is 4.99 Å². The number of hydrogen-bond acceptors (Lipinski definition) is 3. The lowest BCUT2D eigenvalue weighted by molar-refractivity contribution is 0.881. The third-order valence-corrected chi connectivity index (χ3v) is 5.99. The van der Waals surface area contributed by atoms with E-state index in [0.717, 1.165) is 42.9 Å². The van der Waals surface area contributed by atoms with Gasteiger partial charge in [0, 0.05) is 18.3 Å². The first-order valence-corrected chi connectivity index (χ1v) is 12.3. The van der Waals surface area contributed by atoms with Crippen LogP contribution in [0.2, 0.25) is 0 Å². The number of nitrogens with one attached hydrogen (secondary N) is 1. The highest BCUT2D eigenvalue weighted by Crippen LogP contribution is 2.29. The van der Waals surface area contributed by atoms with Crippen molar-refractivity contribution in [3.05, 3.63) is 107 Å². The number of amidine groups is 1. The highest BCUT2D eigenvalue weighted by Gasteiger charge is 2.16. The van der Waals surface area contributed by atoms with Crippen molar-refractivity contribution in [3.63, 3.8) is 0 Å². The van der Waals surface area contributed by atoms with Crippen molar-refractivity contribution >= 4 is 23.3 Å². The second kappa shape index (κ2) is 12.7. The van der Waals surface area contributed by atoms with Crippen LogP contribution in [0.1, 0.15) is 60.6 Å². The summed E-state index contributed by atoms with van der Waals surface area (Å²) < 4.78 is 0. The lowest BCUT2D eigenvalue weighted by Crippen LogP contribution is -2.27. The topological polar surface area (TPSA) is 36.8 Å². The monoisotopic (exact) mass is 451 g/mol. The molecule has 34 heavy (non-hydrogen) atoms. The smallest absolute Gasteiger partial charge is 0.129 e. The summed E-state index contributed by atoms with van der Waals surface area (Å²) in [5.74, 6) is 0.960. The van der Waals surface area contributed by atoms with Gasteiger partial charge in [-0.1, -0.05) is 81.4 Å². The van der Waals surface area contributed by atoms with Crippen molar-refractivity contribution in [2.75, 3.05) is 6.54 Å². The van der Waals surface area contributed by atoms with Crippen molar-refractivity contribution in [3.8, 4) is 0 Å². The fourth-order valence-electron chi connectivity index (χ4n) is 4.12. The standard InChI is InChI=1S/C23H27N3.C8H10/c1-5-9-18-10-7-8-11-20(18)23-25-14-17(4)21-12-16(3)22(24-6-2)13-19(21)15-26-23;1-2-8-6-4-3-5-7-8/h6-8,10-13H,4-5,9,14-15H2,1-3H3,(H,25,26);3-7H,2H2,1H3. The second-order valence-corrected chi connectivity index (χ2v) is 8.55. The first-order chi connectivity index (χ1) is 16.6. The molecule has 0 atom stereocenters. The van der Waals surface area contributed by atoms with Crippen LogP contribution < -0.4 is 5.32 Å². The average Bonchev–Trinajstić information content (AvgIpc) is 2.86. The Labute approximate surface area is 205 Å². The van der Waals surface area contributed by atoms with E-state index in [0.29, 0.717) is 6.54 Å². The third kappa shape index (κ3) is 6.54. The summed E-state index contributed by atoms with van der Waals surface area (Å²) in [6.07, 6.45) is 5.16. The number of nitrogens with zero attached hydrogens (tertiary/aromatic N) is 2. The van der Waals surface area contributed by atoms with Crippen LogP contribution in [0.25, 0.3) is 5.57 Å². The lowest BCUT2D eigenvalue weighted by atomic mass is 9.95. The van der Waals surface area contributed by atoms with E-state index in [9.17, 15) is 0 Å². The van der Waals surface area contributed by atoms with Crippen LogP contribution >= 0.6 is 0 Å². The normalized spacial score (nSPS) is 13.2. The minimum atomic E-state index is 0.603. The number of aliphatic imine (C=N–C) groups is 2. The van der Waals surface area contributed by atoms with Gasteiger partial charge in [-0.2, -0.15) is 0 Å². The van der Waals surface area contributed by atoms with Crippen LogP contribution in [0.5, 0.6) is 0 Å². The molecule has 176 valence electrons. The fraction of sp³-hybridized carbons (Fsp3) is 0.290. The van der Waals surface area contributed by atoms with E-state index in [1.807, 2.05) is 19.2 Å². The van der Waals surface area contributed by atoms with Crippen LogP contribution in [0, 0.1) is 6.92 Å². The summed E-state index contributed by atoms with van der Waals surface area (Å²) in [6, 6.07) is 23.3. The number of rotatable bonds is 5. The summed E-state index contributed by atoms with van der Waals surface area (Å²) in [5, 5.41) is 3.56. The first kappa shape index (κ1) is 25.2. The van der Waals surface area contributed by atoms with Crippen molar-refractivity contribution in [2.45, 2.75) is 53.5 Å². The maximum Gasteiger partial charge on any atom is 0.129 e. The minimum Gasteiger partial charge on any atom is -0.366 e. The van der Waals surface area contributed by atoms with E-state index in [1.54, 1.807) is 0 Å². The Balaban J connectivity index is 0.000000343. The maximum atomic E-state index is 4.84. The molecule has 3 aromatic rings. The Morgan fingerprint density at radius 3 is 2.41 bits per heavy atom. The molecule has 0 aliphatic carbocycles. The molecule has 3 heteroatoms. The quantitative estimate of drug-likeness (QED) is 0.401. The molecule has 4 rings (SSSR count). The van der Waals surface area contributed by atoms with E-state index >= 15 is 0 Å². The van der Waals surface area contributed by atoms with E-state index in [2.05, 4.69) is 98.3 Å². The van der Waals surface area contributed by atoms with Gasteiger partial charge in [-0.05, 0) is 72.2 Å². The molecule has 0 saturated heterocycles. The summed E-state index contributed by atoms with van der Waals surface area (Å²) in [6.45, 7) is 14.0. The lowest BCUT2D eigenvalue weighted by Gasteiger charge is -2.21.